The van der Waals surface area contributed by atoms with Gasteiger partial charge in [-0.25, -0.2) is 18.2 Å². The lowest BCUT2D eigenvalue weighted by Crippen LogP contribution is -2.34. The van der Waals surface area contributed by atoms with Crippen LogP contribution in [0.4, 0.5) is 13.2 Å². The van der Waals surface area contributed by atoms with Crippen molar-refractivity contribution in [3.05, 3.63) is 92.4 Å². The molecule has 0 radical (unpaired) electrons. The molecular formula is C25H23F3N4OS. The Morgan fingerprint density at radius 1 is 1.12 bits per heavy atom. The number of hydrogen-bond acceptors (Lipinski definition) is 5. The van der Waals surface area contributed by atoms with Crippen LogP contribution in [0.25, 0.3) is 10.2 Å². The van der Waals surface area contributed by atoms with Crippen molar-refractivity contribution in [3.8, 4) is 0 Å². The lowest BCUT2D eigenvalue weighted by Gasteiger charge is -2.23. The van der Waals surface area contributed by atoms with Gasteiger partial charge in [0.2, 0.25) is 0 Å². The number of aryl methyl sites for hydroxylation is 3. The van der Waals surface area contributed by atoms with E-state index in [1.54, 1.807) is 23.3 Å². The second kappa shape index (κ2) is 9.68. The van der Waals surface area contributed by atoms with E-state index in [0.717, 1.165) is 53.1 Å². The maximum atomic E-state index is 13.5. The van der Waals surface area contributed by atoms with Gasteiger partial charge < -0.3 is 5.32 Å². The first kappa shape index (κ1) is 22.7. The number of fused-ring (bicyclic) bond motifs is 3. The van der Waals surface area contributed by atoms with Crippen LogP contribution in [0.5, 0.6) is 0 Å². The molecule has 3 aromatic heterocycles. The number of rotatable bonds is 7. The van der Waals surface area contributed by atoms with Crippen molar-refractivity contribution in [2.45, 2.75) is 51.2 Å². The first-order valence-corrected chi connectivity index (χ1v) is 12.1. The molecule has 5 nitrogen and oxygen atoms in total. The predicted molar refractivity (Wildman–Crippen MR) is 125 cm³/mol. The lowest BCUT2D eigenvalue weighted by atomic mass is 9.93. The van der Waals surface area contributed by atoms with E-state index < -0.39 is 17.5 Å². The van der Waals surface area contributed by atoms with Crippen molar-refractivity contribution in [1.82, 2.24) is 19.9 Å². The quantitative estimate of drug-likeness (QED) is 0.391. The number of halogens is 3. The topological polar surface area (TPSA) is 59.8 Å². The molecule has 1 aliphatic rings. The predicted octanol–water partition coefficient (Wildman–Crippen LogP) is 4.55. The molecule has 9 heteroatoms. The summed E-state index contributed by atoms with van der Waals surface area (Å²) < 4.78 is 41.8. The second-order valence-electron chi connectivity index (χ2n) is 8.58. The van der Waals surface area contributed by atoms with Gasteiger partial charge in [0.15, 0.2) is 17.5 Å². The summed E-state index contributed by atoms with van der Waals surface area (Å²) in [5.74, 6) is -3.82. The molecule has 4 aromatic rings. The molecular weight excluding hydrogens is 461 g/mol. The minimum Gasteiger partial charge on any atom is -0.310 e. The first-order chi connectivity index (χ1) is 16.5. The van der Waals surface area contributed by atoms with E-state index in [0.29, 0.717) is 23.9 Å². The van der Waals surface area contributed by atoms with Crippen LogP contribution in [0.2, 0.25) is 0 Å². The Morgan fingerprint density at radius 2 is 1.88 bits per heavy atom. The van der Waals surface area contributed by atoms with Crippen LogP contribution < -0.4 is 10.9 Å². The zero-order chi connectivity index (χ0) is 23.7. The molecule has 0 bridgehead atoms. The Balaban J connectivity index is 1.27. The highest BCUT2D eigenvalue weighted by molar-refractivity contribution is 7.18. The van der Waals surface area contributed by atoms with Crippen LogP contribution in [0.3, 0.4) is 0 Å². The van der Waals surface area contributed by atoms with Gasteiger partial charge >= 0.3 is 0 Å². The lowest BCUT2D eigenvalue weighted by molar-refractivity contribution is 0.437. The highest BCUT2D eigenvalue weighted by Gasteiger charge is 2.25. The third-order valence-electron chi connectivity index (χ3n) is 6.29. The smallest absolute Gasteiger partial charge is 0.262 e. The van der Waals surface area contributed by atoms with Crippen LogP contribution in [0.15, 0.2) is 47.8 Å². The summed E-state index contributed by atoms with van der Waals surface area (Å²) in [6, 6.07) is 6.08. The third-order valence-corrected chi connectivity index (χ3v) is 7.45. The van der Waals surface area contributed by atoms with Crippen molar-refractivity contribution >= 4 is 21.6 Å². The second-order valence-corrected chi connectivity index (χ2v) is 9.66. The zero-order valence-corrected chi connectivity index (χ0v) is 19.2. The van der Waals surface area contributed by atoms with Crippen molar-refractivity contribution in [2.75, 3.05) is 0 Å². The van der Waals surface area contributed by atoms with Gasteiger partial charge in [-0.15, -0.1) is 11.3 Å². The number of hydrogen-bond donors (Lipinski definition) is 1. The molecule has 34 heavy (non-hydrogen) atoms. The molecule has 0 fully saturated rings. The van der Waals surface area contributed by atoms with Gasteiger partial charge in [-0.3, -0.25) is 14.3 Å². The average molecular weight is 485 g/mol. The summed E-state index contributed by atoms with van der Waals surface area (Å²) >= 11 is 1.53. The third kappa shape index (κ3) is 4.63. The molecule has 0 spiro atoms. The molecule has 1 N–H and O–H groups in total. The van der Waals surface area contributed by atoms with E-state index in [1.165, 1.54) is 16.9 Å². The molecule has 176 valence electrons. The summed E-state index contributed by atoms with van der Waals surface area (Å²) in [7, 11) is 0. The highest BCUT2D eigenvalue weighted by Crippen LogP contribution is 2.33. The van der Waals surface area contributed by atoms with Crippen molar-refractivity contribution < 1.29 is 13.2 Å². The molecule has 1 atom stereocenters. The Labute approximate surface area is 198 Å². The maximum absolute atomic E-state index is 13.5. The van der Waals surface area contributed by atoms with E-state index in [9.17, 15) is 18.0 Å². The fraction of sp³-hybridized carbons (Fsp3) is 0.320. The maximum Gasteiger partial charge on any atom is 0.262 e. The van der Waals surface area contributed by atoms with Crippen LogP contribution in [0.1, 0.15) is 34.4 Å². The van der Waals surface area contributed by atoms with Gasteiger partial charge in [0.1, 0.15) is 4.83 Å². The number of thiophene rings is 1. The highest BCUT2D eigenvalue weighted by atomic mass is 32.1. The van der Waals surface area contributed by atoms with Gasteiger partial charge in [-0.1, -0.05) is 0 Å². The van der Waals surface area contributed by atoms with E-state index in [2.05, 4.69) is 15.3 Å². The fourth-order valence-electron chi connectivity index (χ4n) is 4.51. The Kier molecular flexibility index (Phi) is 6.47. The summed E-state index contributed by atoms with van der Waals surface area (Å²) in [6.07, 6.45) is 9.11. The van der Waals surface area contributed by atoms with Gasteiger partial charge in [-0.05, 0) is 73.1 Å². The number of nitrogens with one attached hydrogen (secondary N) is 1. The van der Waals surface area contributed by atoms with Crippen LogP contribution >= 0.6 is 11.3 Å². The van der Waals surface area contributed by atoms with Gasteiger partial charge in [0, 0.05) is 36.4 Å². The summed E-state index contributed by atoms with van der Waals surface area (Å²) in [5, 5.41) is 4.02. The number of pyridine rings is 1. The van der Waals surface area contributed by atoms with E-state index >= 15 is 0 Å². The Bertz CT molecular complexity index is 1360. The number of benzene rings is 1. The molecule has 0 unspecified atom stereocenters. The standard InChI is InChI=1S/C25H23F3N4OS/c26-19-10-16(11-20(27)23(19)28)13-30-17-3-4-18-21(12-17)34-24-22(18)25(33)32(14-31-24)9-1-2-15-5-7-29-8-6-15/h5-8,10-11,14,17,30H,1-4,9,12-13H2/t17-/m1/s1. The van der Waals surface area contributed by atoms with Gasteiger partial charge in [0.25, 0.3) is 5.56 Å². The van der Waals surface area contributed by atoms with Crippen LogP contribution in [-0.4, -0.2) is 20.6 Å². The largest absolute Gasteiger partial charge is 0.310 e. The van der Waals surface area contributed by atoms with Gasteiger partial charge in [-0.2, -0.15) is 0 Å². The SMILES string of the molecule is O=c1c2c3c(sc2ncn1CCCc1ccncc1)C[C@H](NCc1cc(F)c(F)c(F)c1)CC3. The number of aromatic nitrogens is 3. The van der Waals surface area contributed by atoms with Crippen molar-refractivity contribution in [1.29, 1.82) is 0 Å². The van der Waals surface area contributed by atoms with Crippen LogP contribution in [0, 0.1) is 17.5 Å². The van der Waals surface area contributed by atoms with Gasteiger partial charge in [0.05, 0.1) is 11.7 Å². The molecule has 1 aliphatic carbocycles. The zero-order valence-electron chi connectivity index (χ0n) is 18.4. The molecule has 3 heterocycles. The van der Waals surface area contributed by atoms with E-state index in [1.807, 2.05) is 12.1 Å². The number of nitrogens with zero attached hydrogens (tertiary/aromatic N) is 3. The monoisotopic (exact) mass is 484 g/mol. The van der Waals surface area contributed by atoms with Crippen LogP contribution in [-0.2, 0) is 32.4 Å². The first-order valence-electron chi connectivity index (χ1n) is 11.2. The Morgan fingerprint density at radius 3 is 2.65 bits per heavy atom. The molecule has 1 aromatic carbocycles. The molecule has 0 aliphatic heterocycles. The summed E-state index contributed by atoms with van der Waals surface area (Å²) in [4.78, 5) is 23.6. The minimum atomic E-state index is -1.45. The summed E-state index contributed by atoms with van der Waals surface area (Å²) in [6.45, 7) is 0.839. The van der Waals surface area contributed by atoms with E-state index in [-0.39, 0.29) is 18.1 Å². The molecule has 0 saturated heterocycles. The van der Waals surface area contributed by atoms with E-state index in [4.69, 9.17) is 0 Å². The normalized spacial score (nSPS) is 15.6. The summed E-state index contributed by atoms with van der Waals surface area (Å²) in [5.41, 5.74) is 2.61. The minimum absolute atomic E-state index is 0.000833. The molecule has 5 rings (SSSR count). The molecule has 0 amide bonds. The fourth-order valence-corrected chi connectivity index (χ4v) is 5.77. The molecule has 0 saturated carbocycles. The van der Waals surface area contributed by atoms with Crippen molar-refractivity contribution in [2.24, 2.45) is 0 Å². The average Bonchev–Trinajstić information content (AvgIpc) is 3.21. The van der Waals surface area contributed by atoms with Crippen molar-refractivity contribution in [3.63, 3.8) is 0 Å². The Hall–Kier alpha value is -3.04.